The van der Waals surface area contributed by atoms with Gasteiger partial charge in [-0.2, -0.15) is 0 Å². The third-order valence-electron chi connectivity index (χ3n) is 2.99. The number of carbonyl (C=O) groups is 1. The van der Waals surface area contributed by atoms with E-state index in [4.69, 9.17) is 10.5 Å². The number of rotatable bonds is 2. The highest BCUT2D eigenvalue weighted by Crippen LogP contribution is 2.12. The van der Waals surface area contributed by atoms with Crippen LogP contribution in [0.25, 0.3) is 0 Å². The largest absolute Gasteiger partial charge is 0.399 e. The van der Waals surface area contributed by atoms with E-state index in [1.807, 2.05) is 36.1 Å². The molecule has 4 heteroatoms. The Morgan fingerprint density at radius 3 is 3.12 bits per heavy atom. The molecule has 1 aliphatic heterocycles. The number of nitrogens with two attached hydrogens (primary N) is 1. The summed E-state index contributed by atoms with van der Waals surface area (Å²) >= 11 is 0. The number of benzene rings is 1. The smallest absolute Gasteiger partial charge is 0.227 e. The molecule has 4 nitrogen and oxygen atoms in total. The van der Waals surface area contributed by atoms with Gasteiger partial charge in [-0.25, -0.2) is 0 Å². The lowest BCUT2D eigenvalue weighted by molar-refractivity contribution is -0.138. The number of morpholine rings is 1. The molecule has 1 fully saturated rings. The Labute approximate surface area is 101 Å². The third kappa shape index (κ3) is 2.97. The van der Waals surface area contributed by atoms with Gasteiger partial charge in [0.05, 0.1) is 25.7 Å². The van der Waals surface area contributed by atoms with E-state index in [0.717, 1.165) is 5.56 Å². The van der Waals surface area contributed by atoms with Gasteiger partial charge in [0.1, 0.15) is 0 Å². The molecule has 1 atom stereocenters. The van der Waals surface area contributed by atoms with Crippen molar-refractivity contribution in [2.24, 2.45) is 0 Å². The van der Waals surface area contributed by atoms with Crippen LogP contribution in [0.15, 0.2) is 24.3 Å². The zero-order valence-corrected chi connectivity index (χ0v) is 10.1. The molecule has 1 heterocycles. The number of hydrogen-bond acceptors (Lipinski definition) is 3. The second kappa shape index (κ2) is 5.19. The average Bonchev–Trinajstić information content (AvgIpc) is 2.29. The number of carbonyl (C=O) groups excluding carboxylic acids is 1. The van der Waals surface area contributed by atoms with Gasteiger partial charge in [0.2, 0.25) is 5.91 Å². The van der Waals surface area contributed by atoms with Crippen molar-refractivity contribution in [3.8, 4) is 0 Å². The number of ether oxygens (including phenoxy) is 1. The summed E-state index contributed by atoms with van der Waals surface area (Å²) in [5.41, 5.74) is 7.36. The molecule has 0 aromatic heterocycles. The Morgan fingerprint density at radius 1 is 1.59 bits per heavy atom. The van der Waals surface area contributed by atoms with Crippen LogP contribution in [-0.4, -0.2) is 36.6 Å². The van der Waals surface area contributed by atoms with Gasteiger partial charge >= 0.3 is 0 Å². The maximum absolute atomic E-state index is 12.1. The van der Waals surface area contributed by atoms with E-state index < -0.39 is 0 Å². The molecule has 2 rings (SSSR count). The molecular formula is C13H18N2O2. The van der Waals surface area contributed by atoms with Crippen molar-refractivity contribution in [2.45, 2.75) is 19.4 Å². The van der Waals surface area contributed by atoms with Crippen LogP contribution in [0.4, 0.5) is 5.69 Å². The molecule has 1 amide bonds. The molecular weight excluding hydrogens is 216 g/mol. The summed E-state index contributed by atoms with van der Waals surface area (Å²) in [5, 5.41) is 0. The summed E-state index contributed by atoms with van der Waals surface area (Å²) in [7, 11) is 0. The minimum absolute atomic E-state index is 0.145. The molecule has 0 aliphatic carbocycles. The highest BCUT2D eigenvalue weighted by molar-refractivity contribution is 5.79. The lowest BCUT2D eigenvalue weighted by Crippen LogP contribution is -2.47. The van der Waals surface area contributed by atoms with E-state index in [1.54, 1.807) is 0 Å². The zero-order valence-electron chi connectivity index (χ0n) is 10.1. The van der Waals surface area contributed by atoms with Crippen molar-refractivity contribution in [3.05, 3.63) is 29.8 Å². The van der Waals surface area contributed by atoms with Gasteiger partial charge in [0.15, 0.2) is 0 Å². The van der Waals surface area contributed by atoms with Gasteiger partial charge in [-0.15, -0.1) is 0 Å². The van der Waals surface area contributed by atoms with Crippen molar-refractivity contribution in [3.63, 3.8) is 0 Å². The summed E-state index contributed by atoms with van der Waals surface area (Å²) in [6, 6.07) is 7.64. The fraction of sp³-hybridized carbons (Fsp3) is 0.462. The van der Waals surface area contributed by atoms with Crippen molar-refractivity contribution < 1.29 is 9.53 Å². The summed E-state index contributed by atoms with van der Waals surface area (Å²) < 4.78 is 5.32. The van der Waals surface area contributed by atoms with E-state index in [-0.39, 0.29) is 11.9 Å². The summed E-state index contributed by atoms with van der Waals surface area (Å²) in [6.07, 6.45) is 0.412. The van der Waals surface area contributed by atoms with Crippen LogP contribution in [0.1, 0.15) is 12.5 Å². The van der Waals surface area contributed by atoms with Crippen molar-refractivity contribution >= 4 is 11.6 Å². The van der Waals surface area contributed by atoms with E-state index in [2.05, 4.69) is 0 Å². The van der Waals surface area contributed by atoms with E-state index in [0.29, 0.717) is 31.9 Å². The normalized spacial score (nSPS) is 20.3. The molecule has 1 aliphatic rings. The Kier molecular flexibility index (Phi) is 3.64. The first kappa shape index (κ1) is 11.9. The first-order chi connectivity index (χ1) is 8.16. The molecule has 0 bridgehead atoms. The fourth-order valence-corrected chi connectivity index (χ4v) is 2.08. The molecule has 1 aromatic rings. The Morgan fingerprint density at radius 2 is 2.41 bits per heavy atom. The van der Waals surface area contributed by atoms with Gasteiger partial charge in [0.25, 0.3) is 0 Å². The Hall–Kier alpha value is -1.55. The minimum Gasteiger partial charge on any atom is -0.399 e. The second-order valence-electron chi connectivity index (χ2n) is 4.43. The molecule has 0 radical (unpaired) electrons. The number of anilines is 1. The van der Waals surface area contributed by atoms with Crippen molar-refractivity contribution in [1.82, 2.24) is 4.90 Å². The number of nitrogens with zero attached hydrogens (tertiary/aromatic N) is 1. The maximum atomic E-state index is 12.1. The van der Waals surface area contributed by atoms with Gasteiger partial charge < -0.3 is 15.4 Å². The van der Waals surface area contributed by atoms with E-state index in [9.17, 15) is 4.79 Å². The molecule has 1 unspecified atom stereocenters. The maximum Gasteiger partial charge on any atom is 0.227 e. The van der Waals surface area contributed by atoms with Crippen LogP contribution < -0.4 is 5.73 Å². The molecule has 1 aromatic carbocycles. The van der Waals surface area contributed by atoms with Crippen LogP contribution >= 0.6 is 0 Å². The zero-order chi connectivity index (χ0) is 12.3. The highest BCUT2D eigenvalue weighted by atomic mass is 16.5. The van der Waals surface area contributed by atoms with Crippen LogP contribution in [0, 0.1) is 0 Å². The molecule has 0 spiro atoms. The van der Waals surface area contributed by atoms with Gasteiger partial charge in [-0.3, -0.25) is 4.79 Å². The first-order valence-electron chi connectivity index (χ1n) is 5.88. The topological polar surface area (TPSA) is 55.6 Å². The van der Waals surface area contributed by atoms with E-state index >= 15 is 0 Å². The molecule has 2 N–H and O–H groups in total. The van der Waals surface area contributed by atoms with Crippen LogP contribution in [0.3, 0.4) is 0 Å². The quantitative estimate of drug-likeness (QED) is 0.778. The SMILES string of the molecule is CC1COCCN1C(=O)Cc1cccc(N)c1. The van der Waals surface area contributed by atoms with Crippen molar-refractivity contribution in [2.75, 3.05) is 25.5 Å². The molecule has 1 saturated heterocycles. The van der Waals surface area contributed by atoms with Gasteiger partial charge in [-0.1, -0.05) is 12.1 Å². The predicted octanol–water partition coefficient (Wildman–Crippen LogP) is 1.06. The van der Waals surface area contributed by atoms with Crippen LogP contribution in [0.2, 0.25) is 0 Å². The summed E-state index contributed by atoms with van der Waals surface area (Å²) in [4.78, 5) is 14.0. The molecule has 92 valence electrons. The van der Waals surface area contributed by atoms with Crippen molar-refractivity contribution in [1.29, 1.82) is 0 Å². The number of hydrogen-bond donors (Lipinski definition) is 1. The van der Waals surface area contributed by atoms with Crippen LogP contribution in [0.5, 0.6) is 0 Å². The number of nitrogen functional groups attached to an aromatic ring is 1. The molecule has 0 saturated carbocycles. The average molecular weight is 234 g/mol. The van der Waals surface area contributed by atoms with E-state index in [1.165, 1.54) is 0 Å². The fourth-order valence-electron chi connectivity index (χ4n) is 2.08. The summed E-state index contributed by atoms with van der Waals surface area (Å²) in [5.74, 6) is 0.145. The molecule has 17 heavy (non-hydrogen) atoms. The van der Waals surface area contributed by atoms with Gasteiger partial charge in [-0.05, 0) is 24.6 Å². The summed E-state index contributed by atoms with van der Waals surface area (Å²) in [6.45, 7) is 3.95. The minimum atomic E-state index is 0.145. The first-order valence-corrected chi connectivity index (χ1v) is 5.88. The lowest BCUT2D eigenvalue weighted by Gasteiger charge is -2.33. The van der Waals surface area contributed by atoms with Gasteiger partial charge in [0, 0.05) is 12.2 Å². The lowest BCUT2D eigenvalue weighted by atomic mass is 10.1. The standard InChI is InChI=1S/C13H18N2O2/c1-10-9-17-6-5-15(10)13(16)8-11-3-2-4-12(14)7-11/h2-4,7,10H,5-6,8-9,14H2,1H3. The second-order valence-corrected chi connectivity index (χ2v) is 4.43. The highest BCUT2D eigenvalue weighted by Gasteiger charge is 2.23. The Balaban J connectivity index is 2.01. The third-order valence-corrected chi connectivity index (χ3v) is 2.99. The predicted molar refractivity (Wildman–Crippen MR) is 66.6 cm³/mol. The van der Waals surface area contributed by atoms with Crippen LogP contribution in [-0.2, 0) is 16.0 Å². The monoisotopic (exact) mass is 234 g/mol. The number of amides is 1. The Bertz CT molecular complexity index is 406.